The topological polar surface area (TPSA) is 90.7 Å². The number of ether oxygens (including phenoxy) is 2. The summed E-state index contributed by atoms with van der Waals surface area (Å²) in [7, 11) is 0. The molecule has 2 atom stereocenters. The van der Waals surface area contributed by atoms with Gasteiger partial charge >= 0.3 is 0 Å². The van der Waals surface area contributed by atoms with Crippen LogP contribution in [0.15, 0.2) is 0 Å². The second kappa shape index (κ2) is 14.5. The number of carbonyl (C=O) groups is 2. The lowest BCUT2D eigenvalue weighted by Crippen LogP contribution is -2.42. The van der Waals surface area contributed by atoms with E-state index in [1.165, 1.54) is 33.9 Å². The smallest absolute Gasteiger partial charge is 0.169 e. The number of ketones is 2. The fraction of sp³-hybridized carbons (Fsp3) is 0.688. The lowest BCUT2D eigenvalue weighted by molar-refractivity contribution is 0.0291. The molecule has 2 aromatic rings. The Balaban J connectivity index is 0.000000184. The number of Topliss-reactive ketones (excluding diaryl/α,β-unsaturated/α-hetero) is 2. The van der Waals surface area contributed by atoms with Crippen LogP contribution in [0.1, 0.15) is 81.3 Å². The molecule has 2 N–H and O–H groups in total. The van der Waals surface area contributed by atoms with Crippen molar-refractivity contribution in [2.75, 3.05) is 65.7 Å². The lowest BCUT2D eigenvalue weighted by atomic mass is 9.83. The number of aromatic nitrogens is 2. The molecule has 0 amide bonds. The van der Waals surface area contributed by atoms with Crippen LogP contribution in [0, 0.1) is 25.7 Å². The summed E-state index contributed by atoms with van der Waals surface area (Å²) in [6.07, 6.45) is 5.85. The van der Waals surface area contributed by atoms with Crippen molar-refractivity contribution in [3.05, 3.63) is 45.0 Å². The van der Waals surface area contributed by atoms with Crippen LogP contribution in [0.2, 0.25) is 0 Å². The summed E-state index contributed by atoms with van der Waals surface area (Å²) in [5.74, 6) is 1.06. The molecule has 0 bridgehead atoms. The molecule has 2 aliphatic heterocycles. The van der Waals surface area contributed by atoms with Gasteiger partial charge < -0.3 is 19.4 Å². The number of nitrogens with zero attached hydrogens (tertiary/aromatic N) is 2. The van der Waals surface area contributed by atoms with E-state index in [1.54, 1.807) is 0 Å². The van der Waals surface area contributed by atoms with Gasteiger partial charge in [-0.15, -0.1) is 12.4 Å². The molecule has 9 heteroatoms. The zero-order chi connectivity index (χ0) is 28.2. The van der Waals surface area contributed by atoms with E-state index < -0.39 is 0 Å². The van der Waals surface area contributed by atoms with E-state index in [1.807, 2.05) is 0 Å². The second-order valence-electron chi connectivity index (χ2n) is 11.9. The van der Waals surface area contributed by atoms with Crippen LogP contribution < -0.4 is 0 Å². The Morgan fingerprint density at radius 3 is 1.39 bits per heavy atom. The third kappa shape index (κ3) is 6.99. The van der Waals surface area contributed by atoms with Crippen LogP contribution in [0.5, 0.6) is 0 Å². The van der Waals surface area contributed by atoms with Gasteiger partial charge in [-0.1, -0.05) is 13.8 Å². The molecule has 0 aromatic carbocycles. The lowest BCUT2D eigenvalue weighted by Gasteiger charge is -2.31. The third-order valence-corrected chi connectivity index (χ3v) is 9.38. The zero-order valence-corrected chi connectivity index (χ0v) is 26.2. The molecule has 8 nitrogen and oxygen atoms in total. The Labute approximate surface area is 251 Å². The van der Waals surface area contributed by atoms with E-state index in [9.17, 15) is 9.59 Å². The SMILES string of the molecule is CCc1c(C)[nH]c2c1C(=O)C(CN1CCOCC1)CC2.CCc1c(C)[nH]c2c1C(=O)C(CN1CCOCC1)CC2.Cl. The molecule has 2 aliphatic carbocycles. The molecule has 2 saturated heterocycles. The van der Waals surface area contributed by atoms with Gasteiger partial charge in [0.1, 0.15) is 0 Å². The first-order valence-corrected chi connectivity index (χ1v) is 15.5. The minimum Gasteiger partial charge on any atom is -0.379 e. The van der Waals surface area contributed by atoms with E-state index in [-0.39, 0.29) is 24.2 Å². The Morgan fingerprint density at radius 2 is 1.05 bits per heavy atom. The summed E-state index contributed by atoms with van der Waals surface area (Å²) in [5.41, 5.74) is 9.18. The second-order valence-corrected chi connectivity index (χ2v) is 11.9. The predicted octanol–water partition coefficient (Wildman–Crippen LogP) is 4.35. The summed E-state index contributed by atoms with van der Waals surface area (Å²) in [6, 6.07) is 0. The standard InChI is InChI=1S/2C16H24N2O2.ClH/c2*1-3-13-11(2)17-14-5-4-12(16(19)15(13)14)10-18-6-8-20-9-7-18;/h2*12,17H,3-10H2,1-2H3;1H. The molecule has 228 valence electrons. The summed E-state index contributed by atoms with van der Waals surface area (Å²) in [4.78, 5) is 37.2. The molecule has 4 aliphatic rings. The van der Waals surface area contributed by atoms with Gasteiger partial charge in [0.25, 0.3) is 0 Å². The number of nitrogens with one attached hydrogen (secondary N) is 2. The van der Waals surface area contributed by atoms with E-state index >= 15 is 0 Å². The van der Waals surface area contributed by atoms with Crippen LogP contribution >= 0.6 is 12.4 Å². The Bertz CT molecular complexity index is 1100. The number of carbonyl (C=O) groups excluding carboxylic acids is 2. The van der Waals surface area contributed by atoms with Gasteiger partial charge in [0.05, 0.1) is 26.4 Å². The molecule has 0 radical (unpaired) electrons. The van der Waals surface area contributed by atoms with E-state index in [4.69, 9.17) is 9.47 Å². The van der Waals surface area contributed by atoms with Crippen molar-refractivity contribution in [3.8, 4) is 0 Å². The van der Waals surface area contributed by atoms with Crippen LogP contribution in [-0.4, -0.2) is 97.0 Å². The van der Waals surface area contributed by atoms with Crippen LogP contribution in [0.25, 0.3) is 0 Å². The van der Waals surface area contributed by atoms with E-state index in [0.717, 1.165) is 115 Å². The van der Waals surface area contributed by atoms with Gasteiger partial charge in [0, 0.05) is 85.0 Å². The monoisotopic (exact) mass is 588 g/mol. The molecule has 0 spiro atoms. The minimum absolute atomic E-state index is 0. The Hall–Kier alpha value is -1.97. The van der Waals surface area contributed by atoms with Crippen molar-refractivity contribution < 1.29 is 19.1 Å². The number of halogens is 1. The maximum Gasteiger partial charge on any atom is 0.169 e. The van der Waals surface area contributed by atoms with Crippen molar-refractivity contribution in [2.45, 2.75) is 66.2 Å². The predicted molar refractivity (Wildman–Crippen MR) is 164 cm³/mol. The number of hydrogen-bond donors (Lipinski definition) is 2. The van der Waals surface area contributed by atoms with E-state index in [0.29, 0.717) is 11.6 Å². The molecule has 6 rings (SSSR count). The number of aryl methyl sites for hydroxylation is 4. The van der Waals surface area contributed by atoms with Crippen molar-refractivity contribution in [3.63, 3.8) is 0 Å². The molecule has 2 unspecified atom stereocenters. The van der Waals surface area contributed by atoms with Gasteiger partial charge in [-0.25, -0.2) is 0 Å². The van der Waals surface area contributed by atoms with Gasteiger partial charge in [-0.2, -0.15) is 0 Å². The number of morpholine rings is 2. The fourth-order valence-corrected chi connectivity index (χ4v) is 7.17. The molecule has 2 fully saturated rings. The average Bonchev–Trinajstić information content (AvgIpc) is 3.48. The number of fused-ring (bicyclic) bond motifs is 2. The molecular formula is C32H49ClN4O4. The van der Waals surface area contributed by atoms with Crippen molar-refractivity contribution in [1.82, 2.24) is 19.8 Å². The minimum atomic E-state index is 0. The maximum atomic E-state index is 12.8. The van der Waals surface area contributed by atoms with Crippen molar-refractivity contribution in [1.29, 1.82) is 0 Å². The number of rotatable bonds is 6. The summed E-state index contributed by atoms with van der Waals surface area (Å²) < 4.78 is 10.8. The van der Waals surface area contributed by atoms with Crippen LogP contribution in [-0.2, 0) is 35.2 Å². The Morgan fingerprint density at radius 1 is 0.683 bits per heavy atom. The largest absolute Gasteiger partial charge is 0.379 e. The Kier molecular flexibility index (Phi) is 11.3. The van der Waals surface area contributed by atoms with Gasteiger partial charge in [0.15, 0.2) is 11.6 Å². The number of hydrogen-bond acceptors (Lipinski definition) is 6. The first-order chi connectivity index (χ1) is 19.4. The third-order valence-electron chi connectivity index (χ3n) is 9.38. The molecule has 2 aromatic heterocycles. The summed E-state index contributed by atoms with van der Waals surface area (Å²) >= 11 is 0. The van der Waals surface area contributed by atoms with Gasteiger partial charge in [0.2, 0.25) is 0 Å². The van der Waals surface area contributed by atoms with Crippen molar-refractivity contribution >= 4 is 24.0 Å². The first kappa shape index (κ1) is 32.0. The molecular weight excluding hydrogens is 540 g/mol. The highest BCUT2D eigenvalue weighted by Gasteiger charge is 2.34. The molecule has 0 saturated carbocycles. The highest BCUT2D eigenvalue weighted by atomic mass is 35.5. The fourth-order valence-electron chi connectivity index (χ4n) is 7.17. The highest BCUT2D eigenvalue weighted by Crippen LogP contribution is 2.32. The number of aromatic amines is 2. The quantitative estimate of drug-likeness (QED) is 0.521. The van der Waals surface area contributed by atoms with Gasteiger partial charge in [-0.05, 0) is 63.5 Å². The van der Waals surface area contributed by atoms with Crippen LogP contribution in [0.3, 0.4) is 0 Å². The highest BCUT2D eigenvalue weighted by molar-refractivity contribution is 6.02. The van der Waals surface area contributed by atoms with Crippen LogP contribution in [0.4, 0.5) is 0 Å². The summed E-state index contributed by atoms with van der Waals surface area (Å²) in [6.45, 7) is 17.3. The maximum absolute atomic E-state index is 12.8. The number of H-pyrrole nitrogens is 2. The zero-order valence-electron chi connectivity index (χ0n) is 25.4. The van der Waals surface area contributed by atoms with Gasteiger partial charge in [-0.3, -0.25) is 19.4 Å². The normalized spacial score (nSPS) is 23.3. The first-order valence-electron chi connectivity index (χ1n) is 15.5. The average molecular weight is 589 g/mol. The molecule has 41 heavy (non-hydrogen) atoms. The van der Waals surface area contributed by atoms with E-state index in [2.05, 4.69) is 47.5 Å². The van der Waals surface area contributed by atoms with Crippen molar-refractivity contribution in [2.24, 2.45) is 11.8 Å². The summed E-state index contributed by atoms with van der Waals surface area (Å²) in [5, 5.41) is 0. The molecule has 4 heterocycles.